The molecule has 0 saturated carbocycles. The third-order valence-corrected chi connectivity index (χ3v) is 5.16. The van der Waals surface area contributed by atoms with E-state index >= 15 is 0 Å². The molecule has 19 heavy (non-hydrogen) atoms. The van der Waals surface area contributed by atoms with Crippen LogP contribution in [0.3, 0.4) is 0 Å². The van der Waals surface area contributed by atoms with E-state index in [1.54, 1.807) is 22.7 Å². The number of halogens is 1. The Morgan fingerprint density at radius 1 is 1.42 bits per heavy atom. The van der Waals surface area contributed by atoms with Crippen molar-refractivity contribution in [2.24, 2.45) is 0 Å². The molecular formula is C13H12BrN3S2. The highest BCUT2D eigenvalue weighted by Crippen LogP contribution is 2.31. The lowest BCUT2D eigenvalue weighted by atomic mass is 10.2. The van der Waals surface area contributed by atoms with E-state index in [2.05, 4.69) is 44.2 Å². The van der Waals surface area contributed by atoms with E-state index in [1.165, 1.54) is 4.70 Å². The third kappa shape index (κ3) is 2.80. The lowest BCUT2D eigenvalue weighted by Crippen LogP contribution is -2.08. The van der Waals surface area contributed by atoms with E-state index < -0.39 is 0 Å². The molecule has 3 nitrogen and oxygen atoms in total. The van der Waals surface area contributed by atoms with Crippen molar-refractivity contribution in [2.45, 2.75) is 19.4 Å². The highest BCUT2D eigenvalue weighted by atomic mass is 79.9. The number of nitrogens with one attached hydrogen (secondary N) is 1. The molecule has 0 bridgehead atoms. The van der Waals surface area contributed by atoms with Gasteiger partial charge in [0.2, 0.25) is 0 Å². The predicted molar refractivity (Wildman–Crippen MR) is 86.1 cm³/mol. The Morgan fingerprint density at radius 2 is 2.32 bits per heavy atom. The minimum Gasteiger partial charge on any atom is -0.352 e. The average Bonchev–Trinajstić information content (AvgIpc) is 3.04. The summed E-state index contributed by atoms with van der Waals surface area (Å²) in [5.74, 6) is 0. The minimum absolute atomic E-state index is 0.240. The summed E-state index contributed by atoms with van der Waals surface area (Å²) in [6.07, 6.45) is 2.84. The standard InChI is InChI=1S/C13H12BrN3S2/c1-2-9(12-15-5-6-18-12)16-13-17-10-7-8(14)3-4-11(10)19-13/h3-7,9H,2H2,1H3,(H,16,17). The molecule has 0 aliphatic rings. The summed E-state index contributed by atoms with van der Waals surface area (Å²) in [5, 5.41) is 7.56. The van der Waals surface area contributed by atoms with Crippen molar-refractivity contribution in [1.29, 1.82) is 0 Å². The van der Waals surface area contributed by atoms with Crippen LogP contribution in [0, 0.1) is 0 Å². The van der Waals surface area contributed by atoms with Crippen LogP contribution in [0.2, 0.25) is 0 Å². The molecule has 6 heteroatoms. The number of thiazole rings is 2. The van der Waals surface area contributed by atoms with Crippen LogP contribution >= 0.6 is 38.6 Å². The first kappa shape index (κ1) is 13.0. The number of aromatic nitrogens is 2. The van der Waals surface area contributed by atoms with E-state index in [0.29, 0.717) is 0 Å². The van der Waals surface area contributed by atoms with Gasteiger partial charge in [0.15, 0.2) is 5.13 Å². The van der Waals surface area contributed by atoms with Gasteiger partial charge >= 0.3 is 0 Å². The maximum Gasteiger partial charge on any atom is 0.184 e. The summed E-state index contributed by atoms with van der Waals surface area (Å²) in [6, 6.07) is 6.42. The summed E-state index contributed by atoms with van der Waals surface area (Å²) in [4.78, 5) is 9.00. The van der Waals surface area contributed by atoms with Gasteiger partial charge in [-0.1, -0.05) is 34.2 Å². The highest BCUT2D eigenvalue weighted by Gasteiger charge is 2.14. The zero-order chi connectivity index (χ0) is 13.2. The molecule has 0 aliphatic heterocycles. The van der Waals surface area contributed by atoms with Gasteiger partial charge in [-0.2, -0.15) is 0 Å². The highest BCUT2D eigenvalue weighted by molar-refractivity contribution is 9.10. The molecule has 0 aliphatic carbocycles. The maximum atomic E-state index is 4.63. The molecular weight excluding hydrogens is 342 g/mol. The fourth-order valence-electron chi connectivity index (χ4n) is 1.86. The Labute approximate surface area is 127 Å². The lowest BCUT2D eigenvalue weighted by Gasteiger charge is -2.12. The smallest absolute Gasteiger partial charge is 0.184 e. The Kier molecular flexibility index (Phi) is 3.81. The Balaban J connectivity index is 1.88. The van der Waals surface area contributed by atoms with E-state index in [0.717, 1.165) is 26.5 Å². The average molecular weight is 354 g/mol. The number of hydrogen-bond donors (Lipinski definition) is 1. The normalized spacial score (nSPS) is 12.7. The molecule has 3 aromatic rings. The molecule has 1 N–H and O–H groups in total. The van der Waals surface area contributed by atoms with E-state index in [4.69, 9.17) is 0 Å². The summed E-state index contributed by atoms with van der Waals surface area (Å²) >= 11 is 6.83. The lowest BCUT2D eigenvalue weighted by molar-refractivity contribution is 0.741. The fourth-order valence-corrected chi connectivity index (χ4v) is 3.88. The quantitative estimate of drug-likeness (QED) is 0.710. The van der Waals surface area contributed by atoms with Crippen LogP contribution < -0.4 is 5.32 Å². The van der Waals surface area contributed by atoms with Gasteiger partial charge in [-0.25, -0.2) is 9.97 Å². The first-order chi connectivity index (χ1) is 9.26. The summed E-state index contributed by atoms with van der Waals surface area (Å²) in [5.41, 5.74) is 1.02. The van der Waals surface area contributed by atoms with E-state index in [1.807, 2.05) is 23.7 Å². The van der Waals surface area contributed by atoms with Gasteiger partial charge in [0.25, 0.3) is 0 Å². The molecule has 1 aromatic carbocycles. The van der Waals surface area contributed by atoms with Crippen LogP contribution in [-0.2, 0) is 0 Å². The van der Waals surface area contributed by atoms with Gasteiger partial charge in [-0.3, -0.25) is 0 Å². The van der Waals surface area contributed by atoms with Crippen LogP contribution in [0.15, 0.2) is 34.2 Å². The zero-order valence-corrected chi connectivity index (χ0v) is 13.5. The van der Waals surface area contributed by atoms with Crippen molar-refractivity contribution in [3.05, 3.63) is 39.3 Å². The van der Waals surface area contributed by atoms with Gasteiger partial charge in [0.1, 0.15) is 5.01 Å². The molecule has 1 unspecified atom stereocenters. The number of fused-ring (bicyclic) bond motifs is 1. The van der Waals surface area contributed by atoms with Crippen molar-refractivity contribution in [1.82, 2.24) is 9.97 Å². The second-order valence-corrected chi connectivity index (χ2v) is 6.98. The SMILES string of the molecule is CCC(Nc1nc2cc(Br)ccc2s1)c1nccs1. The van der Waals surface area contributed by atoms with Crippen molar-refractivity contribution >= 4 is 54.0 Å². The van der Waals surface area contributed by atoms with Gasteiger partial charge in [-0.15, -0.1) is 11.3 Å². The van der Waals surface area contributed by atoms with Gasteiger partial charge in [0.05, 0.1) is 16.3 Å². The molecule has 2 heterocycles. The molecule has 1 atom stereocenters. The van der Waals surface area contributed by atoms with Crippen LogP contribution in [0.1, 0.15) is 24.4 Å². The largest absolute Gasteiger partial charge is 0.352 e. The van der Waals surface area contributed by atoms with Crippen LogP contribution in [0.25, 0.3) is 10.2 Å². The van der Waals surface area contributed by atoms with Crippen molar-refractivity contribution in [3.8, 4) is 0 Å². The zero-order valence-electron chi connectivity index (χ0n) is 10.3. The number of rotatable bonds is 4. The predicted octanol–water partition coefficient (Wildman–Crippen LogP) is 5.08. The summed E-state index contributed by atoms with van der Waals surface area (Å²) in [7, 11) is 0. The van der Waals surface area contributed by atoms with Crippen LogP contribution in [-0.4, -0.2) is 9.97 Å². The van der Waals surface area contributed by atoms with E-state index in [-0.39, 0.29) is 6.04 Å². The van der Waals surface area contributed by atoms with Crippen LogP contribution in [0.4, 0.5) is 5.13 Å². The molecule has 0 spiro atoms. The Bertz CT molecular complexity index is 678. The molecule has 98 valence electrons. The van der Waals surface area contributed by atoms with Crippen molar-refractivity contribution < 1.29 is 0 Å². The molecule has 3 rings (SSSR count). The molecule has 2 aromatic heterocycles. The number of hydrogen-bond acceptors (Lipinski definition) is 5. The summed E-state index contributed by atoms with van der Waals surface area (Å²) in [6.45, 7) is 2.16. The monoisotopic (exact) mass is 353 g/mol. The second kappa shape index (κ2) is 5.56. The first-order valence-electron chi connectivity index (χ1n) is 5.98. The number of nitrogens with zero attached hydrogens (tertiary/aromatic N) is 2. The minimum atomic E-state index is 0.240. The molecule has 0 amide bonds. The van der Waals surface area contributed by atoms with Gasteiger partial charge in [-0.05, 0) is 24.6 Å². The van der Waals surface area contributed by atoms with Crippen molar-refractivity contribution in [3.63, 3.8) is 0 Å². The topological polar surface area (TPSA) is 37.8 Å². The Hall–Kier alpha value is -0.980. The van der Waals surface area contributed by atoms with Gasteiger partial charge in [0, 0.05) is 16.0 Å². The van der Waals surface area contributed by atoms with Crippen LogP contribution in [0.5, 0.6) is 0 Å². The number of benzene rings is 1. The Morgan fingerprint density at radius 3 is 3.05 bits per heavy atom. The molecule has 0 fully saturated rings. The first-order valence-corrected chi connectivity index (χ1v) is 8.47. The van der Waals surface area contributed by atoms with Crippen molar-refractivity contribution in [2.75, 3.05) is 5.32 Å². The number of anilines is 1. The molecule has 0 saturated heterocycles. The van der Waals surface area contributed by atoms with Gasteiger partial charge < -0.3 is 5.32 Å². The summed E-state index contributed by atoms with van der Waals surface area (Å²) < 4.78 is 2.25. The van der Waals surface area contributed by atoms with E-state index in [9.17, 15) is 0 Å². The fraction of sp³-hybridized carbons (Fsp3) is 0.231. The second-order valence-electron chi connectivity index (χ2n) is 4.11. The molecule has 0 radical (unpaired) electrons. The third-order valence-electron chi connectivity index (χ3n) is 2.81. The maximum absolute atomic E-state index is 4.63.